The van der Waals surface area contributed by atoms with E-state index in [1.165, 1.54) is 11.1 Å². The van der Waals surface area contributed by atoms with Gasteiger partial charge < -0.3 is 9.47 Å². The lowest BCUT2D eigenvalue weighted by atomic mass is 10.1. The summed E-state index contributed by atoms with van der Waals surface area (Å²) in [6, 6.07) is 4.00. The molecule has 0 saturated heterocycles. The molecule has 0 amide bonds. The summed E-state index contributed by atoms with van der Waals surface area (Å²) in [4.78, 5) is 0. The van der Waals surface area contributed by atoms with E-state index in [0.29, 0.717) is 13.5 Å². The van der Waals surface area contributed by atoms with Gasteiger partial charge in [-0.15, -0.1) is 0 Å². The molecule has 0 aliphatic carbocycles. The summed E-state index contributed by atoms with van der Waals surface area (Å²) in [5.74, 6) is 6.81. The number of nitrogens with one attached hydrogen (secondary N) is 2. The van der Waals surface area contributed by atoms with Gasteiger partial charge in [0, 0.05) is 6.54 Å². The maximum atomic E-state index is 5.31. The highest BCUT2D eigenvalue weighted by molar-refractivity contribution is 5.48. The third-order valence-electron chi connectivity index (χ3n) is 2.37. The fraction of sp³-hybridized carbons (Fsp3) is 0.400. The molecule has 1 heterocycles. The summed E-state index contributed by atoms with van der Waals surface area (Å²) in [5.41, 5.74) is 4.92. The molecule has 1 aliphatic rings. The molecule has 0 spiro atoms. The first-order chi connectivity index (χ1) is 7.31. The zero-order valence-corrected chi connectivity index (χ0v) is 8.67. The summed E-state index contributed by atoms with van der Waals surface area (Å²) < 4.78 is 10.6. The zero-order chi connectivity index (χ0) is 10.7. The topological polar surface area (TPSA) is 68.5 Å². The number of fused-ring (bicyclic) bond motifs is 1. The average molecular weight is 209 g/mol. The van der Waals surface area contributed by atoms with Crippen LogP contribution in [0.25, 0.3) is 0 Å². The monoisotopic (exact) mass is 209 g/mol. The van der Waals surface area contributed by atoms with Gasteiger partial charge >= 0.3 is 0 Å². The number of hydrazine groups is 1. The highest BCUT2D eigenvalue weighted by Crippen LogP contribution is 2.34. The SMILES string of the molecule is Cc1cc2c(cc1CNCNN)OCO2. The minimum absolute atomic E-state index is 0.315. The molecule has 1 aromatic carbocycles. The smallest absolute Gasteiger partial charge is 0.231 e. The predicted molar refractivity (Wildman–Crippen MR) is 56.3 cm³/mol. The van der Waals surface area contributed by atoms with Crippen molar-refractivity contribution in [3.8, 4) is 11.5 Å². The zero-order valence-electron chi connectivity index (χ0n) is 8.67. The van der Waals surface area contributed by atoms with Gasteiger partial charge in [-0.3, -0.25) is 11.2 Å². The van der Waals surface area contributed by atoms with Crippen molar-refractivity contribution in [1.82, 2.24) is 10.7 Å². The van der Waals surface area contributed by atoms with Crippen molar-refractivity contribution in [2.75, 3.05) is 13.5 Å². The molecule has 1 aliphatic heterocycles. The molecule has 4 N–H and O–H groups in total. The van der Waals surface area contributed by atoms with Crippen LogP contribution in [0.3, 0.4) is 0 Å². The van der Waals surface area contributed by atoms with Crippen LogP contribution in [0.5, 0.6) is 11.5 Å². The van der Waals surface area contributed by atoms with Gasteiger partial charge in [0.15, 0.2) is 11.5 Å². The quantitative estimate of drug-likeness (QED) is 0.287. The molecule has 0 aromatic heterocycles. The Hall–Kier alpha value is -1.30. The first-order valence-corrected chi connectivity index (χ1v) is 4.84. The van der Waals surface area contributed by atoms with Crippen LogP contribution in [0.4, 0.5) is 0 Å². The molecule has 5 heteroatoms. The third kappa shape index (κ3) is 2.20. The van der Waals surface area contributed by atoms with Crippen LogP contribution in [-0.2, 0) is 6.54 Å². The van der Waals surface area contributed by atoms with Crippen molar-refractivity contribution in [2.24, 2.45) is 5.84 Å². The summed E-state index contributed by atoms with van der Waals surface area (Å²) >= 11 is 0. The Morgan fingerprint density at radius 3 is 2.80 bits per heavy atom. The van der Waals surface area contributed by atoms with E-state index >= 15 is 0 Å². The van der Waals surface area contributed by atoms with Crippen LogP contribution < -0.4 is 26.1 Å². The third-order valence-corrected chi connectivity index (χ3v) is 2.37. The molecule has 0 unspecified atom stereocenters. The number of ether oxygens (including phenoxy) is 2. The van der Waals surface area contributed by atoms with Gasteiger partial charge in [-0.1, -0.05) is 0 Å². The molecule has 0 atom stereocenters. The maximum absolute atomic E-state index is 5.31. The number of nitrogens with two attached hydrogens (primary N) is 1. The highest BCUT2D eigenvalue weighted by atomic mass is 16.7. The summed E-state index contributed by atoms with van der Waals surface area (Å²) in [6.07, 6.45) is 0. The molecule has 2 rings (SSSR count). The Balaban J connectivity index is 2.10. The second-order valence-electron chi connectivity index (χ2n) is 3.44. The molecule has 1 aromatic rings. The van der Waals surface area contributed by atoms with Crippen LogP contribution in [0.1, 0.15) is 11.1 Å². The van der Waals surface area contributed by atoms with Crippen LogP contribution in [0.15, 0.2) is 12.1 Å². The number of hydrogen-bond donors (Lipinski definition) is 3. The largest absolute Gasteiger partial charge is 0.454 e. The van der Waals surface area contributed by atoms with Gasteiger partial charge in [-0.2, -0.15) is 0 Å². The Labute approximate surface area is 88.5 Å². The molecular formula is C10H15N3O2. The molecule has 82 valence electrons. The lowest BCUT2D eigenvalue weighted by Gasteiger charge is -2.08. The lowest BCUT2D eigenvalue weighted by molar-refractivity contribution is 0.174. The van der Waals surface area contributed by atoms with E-state index in [0.717, 1.165) is 18.0 Å². The number of hydrogen-bond acceptors (Lipinski definition) is 5. The van der Waals surface area contributed by atoms with Crippen LogP contribution in [0.2, 0.25) is 0 Å². The van der Waals surface area contributed by atoms with E-state index in [2.05, 4.69) is 17.7 Å². The van der Waals surface area contributed by atoms with E-state index < -0.39 is 0 Å². The van der Waals surface area contributed by atoms with E-state index in [9.17, 15) is 0 Å². The molecule has 0 bridgehead atoms. The Morgan fingerprint density at radius 2 is 2.07 bits per heavy atom. The van der Waals surface area contributed by atoms with Crippen LogP contribution >= 0.6 is 0 Å². The molecule has 5 nitrogen and oxygen atoms in total. The Bertz CT molecular complexity index is 355. The summed E-state index contributed by atoms with van der Waals surface area (Å²) in [6.45, 7) is 3.70. The van der Waals surface area contributed by atoms with Crippen molar-refractivity contribution in [1.29, 1.82) is 0 Å². The first-order valence-electron chi connectivity index (χ1n) is 4.84. The fourth-order valence-corrected chi connectivity index (χ4v) is 1.55. The van der Waals surface area contributed by atoms with Crippen LogP contribution in [0, 0.1) is 6.92 Å². The van der Waals surface area contributed by atoms with Gasteiger partial charge in [-0.25, -0.2) is 5.43 Å². The van der Waals surface area contributed by atoms with Crippen LogP contribution in [-0.4, -0.2) is 13.5 Å². The van der Waals surface area contributed by atoms with E-state index in [1.807, 2.05) is 12.1 Å². The second-order valence-corrected chi connectivity index (χ2v) is 3.44. The van der Waals surface area contributed by atoms with Crippen molar-refractivity contribution >= 4 is 0 Å². The first kappa shape index (κ1) is 10.2. The standard InChI is InChI=1S/C10H15N3O2/c1-7-2-9-10(15-6-14-9)3-8(7)4-12-5-13-11/h2-3,12-13H,4-6,11H2,1H3. The molecule has 0 saturated carbocycles. The molecule has 0 radical (unpaired) electrons. The highest BCUT2D eigenvalue weighted by Gasteiger charge is 2.15. The fourth-order valence-electron chi connectivity index (χ4n) is 1.55. The average Bonchev–Trinajstić information content (AvgIpc) is 2.65. The van der Waals surface area contributed by atoms with E-state index in [-0.39, 0.29) is 0 Å². The lowest BCUT2D eigenvalue weighted by Crippen LogP contribution is -2.33. The maximum Gasteiger partial charge on any atom is 0.231 e. The van der Waals surface area contributed by atoms with Gasteiger partial charge in [0.2, 0.25) is 6.79 Å². The number of aryl methyl sites for hydroxylation is 1. The minimum atomic E-state index is 0.315. The predicted octanol–water partition coefficient (Wildman–Crippen LogP) is 0.234. The van der Waals surface area contributed by atoms with Crippen molar-refractivity contribution in [3.63, 3.8) is 0 Å². The summed E-state index contributed by atoms with van der Waals surface area (Å²) in [7, 11) is 0. The van der Waals surface area contributed by atoms with Gasteiger partial charge in [0.05, 0.1) is 6.67 Å². The van der Waals surface area contributed by atoms with E-state index in [4.69, 9.17) is 15.3 Å². The second kappa shape index (κ2) is 4.48. The Kier molecular flexibility index (Phi) is 3.05. The van der Waals surface area contributed by atoms with Gasteiger partial charge in [0.1, 0.15) is 0 Å². The van der Waals surface area contributed by atoms with Gasteiger partial charge in [0.25, 0.3) is 0 Å². The van der Waals surface area contributed by atoms with Crippen molar-refractivity contribution in [2.45, 2.75) is 13.5 Å². The van der Waals surface area contributed by atoms with E-state index in [1.54, 1.807) is 0 Å². The van der Waals surface area contributed by atoms with Crippen molar-refractivity contribution in [3.05, 3.63) is 23.3 Å². The van der Waals surface area contributed by atoms with Gasteiger partial charge in [-0.05, 0) is 30.2 Å². The molecule has 15 heavy (non-hydrogen) atoms. The molecule has 0 fully saturated rings. The summed E-state index contributed by atoms with van der Waals surface area (Å²) in [5, 5.41) is 3.15. The number of benzene rings is 1. The number of rotatable bonds is 4. The normalized spacial score (nSPS) is 13.2. The van der Waals surface area contributed by atoms with Crippen molar-refractivity contribution < 1.29 is 9.47 Å². The Morgan fingerprint density at radius 1 is 1.33 bits per heavy atom. The molecular weight excluding hydrogens is 194 g/mol. The minimum Gasteiger partial charge on any atom is -0.454 e.